The SMILES string of the molecule is C[C@@H]1CC(C)(C)C[C@]2(C1)NC(=O)N(CC(=O)OCC(=O)c1ccccc1Cl)C2=O. The predicted molar refractivity (Wildman–Crippen MR) is 107 cm³/mol. The van der Waals surface area contributed by atoms with Crippen LogP contribution in [0.15, 0.2) is 24.3 Å². The Morgan fingerprint density at radius 3 is 2.59 bits per heavy atom. The van der Waals surface area contributed by atoms with E-state index >= 15 is 0 Å². The van der Waals surface area contributed by atoms with Crippen molar-refractivity contribution in [3.05, 3.63) is 34.9 Å². The number of imide groups is 1. The zero-order valence-electron chi connectivity index (χ0n) is 16.8. The highest BCUT2D eigenvalue weighted by Crippen LogP contribution is 2.46. The van der Waals surface area contributed by atoms with Gasteiger partial charge in [-0.25, -0.2) is 4.79 Å². The summed E-state index contributed by atoms with van der Waals surface area (Å²) < 4.78 is 4.99. The largest absolute Gasteiger partial charge is 0.456 e. The first-order valence-electron chi connectivity index (χ1n) is 9.60. The molecule has 2 fully saturated rings. The van der Waals surface area contributed by atoms with Crippen LogP contribution in [0.1, 0.15) is 50.4 Å². The normalized spacial score (nSPS) is 25.8. The van der Waals surface area contributed by atoms with E-state index in [9.17, 15) is 19.2 Å². The van der Waals surface area contributed by atoms with Crippen LogP contribution in [-0.2, 0) is 14.3 Å². The first kappa shape index (κ1) is 21.3. The molecule has 7 nitrogen and oxygen atoms in total. The zero-order chi connectivity index (χ0) is 21.4. The van der Waals surface area contributed by atoms with Gasteiger partial charge in [0, 0.05) is 5.56 Å². The lowest BCUT2D eigenvalue weighted by molar-refractivity contribution is -0.147. The van der Waals surface area contributed by atoms with Gasteiger partial charge >= 0.3 is 12.0 Å². The molecule has 1 N–H and O–H groups in total. The number of Topliss-reactive ketones (excluding diaryl/α,β-unsaturated/α-hetero) is 1. The number of nitrogens with zero attached hydrogens (tertiary/aromatic N) is 1. The average molecular weight is 421 g/mol. The van der Waals surface area contributed by atoms with E-state index in [2.05, 4.69) is 26.1 Å². The fourth-order valence-electron chi connectivity index (χ4n) is 4.74. The number of ether oxygens (including phenoxy) is 1. The maximum absolute atomic E-state index is 13.0. The maximum atomic E-state index is 13.0. The molecule has 1 saturated carbocycles. The molecule has 2 atom stereocenters. The van der Waals surface area contributed by atoms with Gasteiger partial charge in [-0.1, -0.05) is 44.5 Å². The lowest BCUT2D eigenvalue weighted by Gasteiger charge is -2.43. The Labute approximate surface area is 174 Å². The summed E-state index contributed by atoms with van der Waals surface area (Å²) >= 11 is 5.96. The highest BCUT2D eigenvalue weighted by Gasteiger charge is 2.56. The first-order valence-corrected chi connectivity index (χ1v) is 9.98. The molecule has 156 valence electrons. The van der Waals surface area contributed by atoms with Crippen LogP contribution in [0, 0.1) is 11.3 Å². The number of amides is 3. The number of benzene rings is 1. The summed E-state index contributed by atoms with van der Waals surface area (Å²) in [6.45, 7) is 5.15. The fraction of sp³-hybridized carbons (Fsp3) is 0.524. The Bertz CT molecular complexity index is 868. The van der Waals surface area contributed by atoms with E-state index in [1.165, 1.54) is 6.07 Å². The van der Waals surface area contributed by atoms with Gasteiger partial charge in [0.05, 0.1) is 5.02 Å². The summed E-state index contributed by atoms with van der Waals surface area (Å²) in [7, 11) is 0. The number of hydrogen-bond donors (Lipinski definition) is 1. The van der Waals surface area contributed by atoms with Crippen LogP contribution in [-0.4, -0.2) is 47.3 Å². The third kappa shape index (κ3) is 4.45. The number of carbonyl (C=O) groups excluding carboxylic acids is 4. The summed E-state index contributed by atoms with van der Waals surface area (Å²) in [4.78, 5) is 50.7. The van der Waals surface area contributed by atoms with Gasteiger partial charge in [-0.05, 0) is 42.7 Å². The molecule has 1 aromatic rings. The molecule has 8 heteroatoms. The lowest BCUT2D eigenvalue weighted by Crippen LogP contribution is -2.54. The van der Waals surface area contributed by atoms with Crippen LogP contribution in [0.4, 0.5) is 4.79 Å². The van der Waals surface area contributed by atoms with Crippen molar-refractivity contribution in [3.63, 3.8) is 0 Å². The van der Waals surface area contributed by atoms with Gasteiger partial charge in [0.1, 0.15) is 12.1 Å². The molecule has 1 aromatic carbocycles. The number of hydrogen-bond acceptors (Lipinski definition) is 5. The van der Waals surface area contributed by atoms with Crippen LogP contribution in [0.25, 0.3) is 0 Å². The molecule has 0 radical (unpaired) electrons. The fourth-order valence-corrected chi connectivity index (χ4v) is 4.98. The maximum Gasteiger partial charge on any atom is 0.326 e. The van der Waals surface area contributed by atoms with Crippen LogP contribution in [0.2, 0.25) is 5.02 Å². The molecular weight excluding hydrogens is 396 g/mol. The molecular formula is C21H25ClN2O5. The Hall–Kier alpha value is -2.41. The molecule has 3 amide bonds. The molecule has 3 rings (SSSR count). The highest BCUT2D eigenvalue weighted by molar-refractivity contribution is 6.34. The lowest BCUT2D eigenvalue weighted by atomic mass is 9.64. The van der Waals surface area contributed by atoms with E-state index in [0.717, 1.165) is 11.3 Å². The minimum absolute atomic E-state index is 0.0987. The number of urea groups is 1. The minimum atomic E-state index is -0.980. The topological polar surface area (TPSA) is 92.8 Å². The summed E-state index contributed by atoms with van der Waals surface area (Å²) in [5.74, 6) is -1.42. The van der Waals surface area contributed by atoms with Gasteiger partial charge in [-0.15, -0.1) is 0 Å². The van der Waals surface area contributed by atoms with Crippen molar-refractivity contribution in [2.75, 3.05) is 13.2 Å². The average Bonchev–Trinajstić information content (AvgIpc) is 2.81. The number of ketones is 1. The summed E-state index contributed by atoms with van der Waals surface area (Å²) in [6.07, 6.45) is 2.02. The number of rotatable bonds is 5. The number of halogens is 1. The molecule has 0 bridgehead atoms. The van der Waals surface area contributed by atoms with Crippen molar-refractivity contribution in [2.24, 2.45) is 11.3 Å². The smallest absolute Gasteiger partial charge is 0.326 e. The summed E-state index contributed by atoms with van der Waals surface area (Å²) in [5, 5.41) is 3.07. The third-order valence-electron chi connectivity index (χ3n) is 5.45. The minimum Gasteiger partial charge on any atom is -0.456 e. The predicted octanol–water partition coefficient (Wildman–Crippen LogP) is 3.20. The van der Waals surface area contributed by atoms with Gasteiger partial charge in [0.15, 0.2) is 6.61 Å². The second kappa shape index (κ2) is 7.78. The van der Waals surface area contributed by atoms with E-state index in [1.807, 2.05) is 0 Å². The number of esters is 1. The van der Waals surface area contributed by atoms with E-state index in [0.29, 0.717) is 12.8 Å². The van der Waals surface area contributed by atoms with Crippen LogP contribution in [0.5, 0.6) is 0 Å². The Morgan fingerprint density at radius 1 is 1.24 bits per heavy atom. The second-order valence-corrected chi connectivity index (χ2v) is 9.23. The van der Waals surface area contributed by atoms with Crippen molar-refractivity contribution in [3.8, 4) is 0 Å². The zero-order valence-corrected chi connectivity index (χ0v) is 17.5. The molecule has 0 aromatic heterocycles. The van der Waals surface area contributed by atoms with Gasteiger partial charge in [0.25, 0.3) is 5.91 Å². The van der Waals surface area contributed by atoms with Gasteiger partial charge in [0.2, 0.25) is 5.78 Å². The Kier molecular flexibility index (Phi) is 5.72. The van der Waals surface area contributed by atoms with E-state index in [1.54, 1.807) is 18.2 Å². The first-order chi connectivity index (χ1) is 13.5. The van der Waals surface area contributed by atoms with Crippen LogP contribution >= 0.6 is 11.6 Å². The van der Waals surface area contributed by atoms with Crippen molar-refractivity contribution >= 4 is 35.3 Å². The summed E-state index contributed by atoms with van der Waals surface area (Å²) in [6, 6.07) is 5.84. The van der Waals surface area contributed by atoms with Crippen molar-refractivity contribution in [1.82, 2.24) is 10.2 Å². The van der Waals surface area contributed by atoms with Crippen molar-refractivity contribution < 1.29 is 23.9 Å². The number of carbonyl (C=O) groups is 4. The highest BCUT2D eigenvalue weighted by atomic mass is 35.5. The van der Waals surface area contributed by atoms with E-state index in [-0.39, 0.29) is 21.9 Å². The second-order valence-electron chi connectivity index (χ2n) is 8.82. The van der Waals surface area contributed by atoms with Crippen molar-refractivity contribution in [2.45, 2.75) is 45.6 Å². The molecule has 0 unspecified atom stereocenters. The molecule has 2 aliphatic rings. The van der Waals surface area contributed by atoms with Gasteiger partial charge < -0.3 is 10.1 Å². The molecule has 1 saturated heterocycles. The van der Waals surface area contributed by atoms with E-state index in [4.69, 9.17) is 16.3 Å². The third-order valence-corrected chi connectivity index (χ3v) is 5.78. The Balaban J connectivity index is 1.62. The molecule has 1 spiro atoms. The summed E-state index contributed by atoms with van der Waals surface area (Å²) in [5.41, 5.74) is -0.834. The standard InChI is InChI=1S/C21H25ClN2O5/c1-13-8-20(2,3)12-21(9-13)18(27)24(19(28)23-21)10-17(26)29-11-16(25)14-6-4-5-7-15(14)22/h4-7,13H,8-12H2,1-3H3,(H,23,28)/t13-,21+/m1/s1. The quantitative estimate of drug-likeness (QED) is 0.448. The molecule has 1 heterocycles. The molecule has 1 aliphatic carbocycles. The molecule has 1 aliphatic heterocycles. The van der Waals surface area contributed by atoms with Gasteiger partial charge in [-0.2, -0.15) is 0 Å². The molecule has 29 heavy (non-hydrogen) atoms. The Morgan fingerprint density at radius 2 is 1.93 bits per heavy atom. The van der Waals surface area contributed by atoms with Crippen LogP contribution in [0.3, 0.4) is 0 Å². The van der Waals surface area contributed by atoms with Gasteiger partial charge in [-0.3, -0.25) is 19.3 Å². The van der Waals surface area contributed by atoms with Crippen molar-refractivity contribution in [1.29, 1.82) is 0 Å². The van der Waals surface area contributed by atoms with Crippen LogP contribution < -0.4 is 5.32 Å². The number of nitrogens with one attached hydrogen (secondary N) is 1. The van der Waals surface area contributed by atoms with E-state index < -0.39 is 42.4 Å². The monoisotopic (exact) mass is 420 g/mol.